The van der Waals surface area contributed by atoms with Crippen molar-refractivity contribution in [3.05, 3.63) is 57.0 Å². The number of fused-ring (bicyclic) bond motifs is 1. The number of aliphatic imine (C=N–C) groups is 1. The first-order valence-corrected chi connectivity index (χ1v) is 10.9. The molecule has 0 saturated heterocycles. The number of alkyl halides is 3. The van der Waals surface area contributed by atoms with E-state index >= 15 is 0 Å². The van der Waals surface area contributed by atoms with Crippen LogP contribution >= 0.6 is 27.7 Å². The van der Waals surface area contributed by atoms with Crippen LogP contribution in [0.2, 0.25) is 0 Å². The van der Waals surface area contributed by atoms with Gasteiger partial charge in [-0.3, -0.25) is 9.79 Å². The van der Waals surface area contributed by atoms with Gasteiger partial charge in [-0.05, 0) is 51.7 Å². The van der Waals surface area contributed by atoms with Gasteiger partial charge in [0.2, 0.25) is 5.78 Å². The number of Topliss-reactive ketones (excluding diaryl/α,β-unsaturated/α-hetero) is 1. The molecule has 168 valence electrons. The summed E-state index contributed by atoms with van der Waals surface area (Å²) in [5, 5.41) is 17.1. The summed E-state index contributed by atoms with van der Waals surface area (Å²) >= 11 is 5.04. The quantitative estimate of drug-likeness (QED) is 0.516. The smallest absolute Gasteiger partial charge is 0.490 e. The molecule has 1 aromatic carbocycles. The fourth-order valence-corrected chi connectivity index (χ4v) is 5.44. The van der Waals surface area contributed by atoms with E-state index in [-0.39, 0.29) is 22.6 Å². The first-order chi connectivity index (χ1) is 15.0. The summed E-state index contributed by atoms with van der Waals surface area (Å²) in [4.78, 5) is 27.2. The molecule has 0 saturated carbocycles. The van der Waals surface area contributed by atoms with Crippen LogP contribution in [0.1, 0.15) is 32.6 Å². The largest absolute Gasteiger partial charge is 0.507 e. The van der Waals surface area contributed by atoms with Crippen molar-refractivity contribution in [1.29, 1.82) is 0 Å². The molecule has 5 rings (SSSR count). The van der Waals surface area contributed by atoms with Gasteiger partial charge in [0.15, 0.2) is 0 Å². The Balaban J connectivity index is 0.000000307. The third kappa shape index (κ3) is 3.92. The van der Waals surface area contributed by atoms with Crippen LogP contribution in [0.25, 0.3) is 0 Å². The Morgan fingerprint density at radius 2 is 2.00 bits per heavy atom. The molecular formula is C20H15BrF3N3O4S. The van der Waals surface area contributed by atoms with E-state index in [1.165, 1.54) is 5.56 Å². The van der Waals surface area contributed by atoms with Crippen LogP contribution in [0.4, 0.5) is 13.2 Å². The van der Waals surface area contributed by atoms with Crippen molar-refractivity contribution in [3.8, 4) is 5.75 Å². The number of aromatic hydroxyl groups is 1. The highest BCUT2D eigenvalue weighted by Gasteiger charge is 2.38. The highest BCUT2D eigenvalue weighted by molar-refractivity contribution is 9.10. The van der Waals surface area contributed by atoms with E-state index in [0.717, 1.165) is 41.1 Å². The summed E-state index contributed by atoms with van der Waals surface area (Å²) in [6.07, 6.45) is 0.338. The molecule has 0 fully saturated rings. The molecule has 0 radical (unpaired) electrons. The summed E-state index contributed by atoms with van der Waals surface area (Å²) in [5.74, 6) is -2.65. The second-order valence-electron chi connectivity index (χ2n) is 7.22. The minimum Gasteiger partial charge on any atom is -0.507 e. The van der Waals surface area contributed by atoms with E-state index in [4.69, 9.17) is 15.6 Å². The van der Waals surface area contributed by atoms with Crippen molar-refractivity contribution in [2.24, 2.45) is 10.7 Å². The summed E-state index contributed by atoms with van der Waals surface area (Å²) in [6.45, 7) is 0.725. The molecule has 4 N–H and O–H groups in total. The van der Waals surface area contributed by atoms with Gasteiger partial charge in [-0.1, -0.05) is 11.8 Å². The van der Waals surface area contributed by atoms with Crippen LogP contribution in [0.3, 0.4) is 0 Å². The number of rotatable bonds is 1. The van der Waals surface area contributed by atoms with Crippen molar-refractivity contribution in [2.75, 3.05) is 6.54 Å². The number of aliphatic carboxylic acids is 1. The second kappa shape index (κ2) is 8.00. The van der Waals surface area contributed by atoms with Crippen molar-refractivity contribution >= 4 is 45.2 Å². The molecule has 0 spiro atoms. The van der Waals surface area contributed by atoms with Crippen molar-refractivity contribution in [2.45, 2.75) is 29.3 Å². The van der Waals surface area contributed by atoms with E-state index < -0.39 is 12.1 Å². The average Bonchev–Trinajstić information content (AvgIpc) is 3.28. The second-order valence-corrected chi connectivity index (χ2v) is 9.30. The Hall–Kier alpha value is -2.73. The number of allylic oxidation sites excluding steroid dienone is 2. The number of nitrogens with zero attached hydrogens (tertiary/aromatic N) is 2. The fraction of sp³-hybridized carbons (Fsp3) is 0.250. The molecule has 1 unspecified atom stereocenters. The predicted octanol–water partition coefficient (Wildman–Crippen LogP) is 3.82. The number of benzene rings is 1. The zero-order valence-electron chi connectivity index (χ0n) is 16.1. The molecule has 1 aliphatic carbocycles. The first-order valence-electron chi connectivity index (χ1n) is 9.26. The number of nitrogens with two attached hydrogens (primary N) is 1. The lowest BCUT2D eigenvalue weighted by atomic mass is 9.92. The first kappa shape index (κ1) is 22.5. The van der Waals surface area contributed by atoms with Gasteiger partial charge < -0.3 is 20.5 Å². The maximum absolute atomic E-state index is 12.7. The highest BCUT2D eigenvalue weighted by Crippen LogP contribution is 2.48. The molecule has 1 atom stereocenters. The number of thioether (sulfide) groups is 1. The SMILES string of the molecule is NC1=CC2=NCCc3cn(C4Cc5cc(Br)c(O)cc5S4)c(c32)C1=O.O=C(O)C(F)(F)F. The normalized spacial score (nSPS) is 18.8. The lowest BCUT2D eigenvalue weighted by molar-refractivity contribution is -0.192. The van der Waals surface area contributed by atoms with Crippen molar-refractivity contribution in [1.82, 2.24) is 4.57 Å². The number of carboxylic acids is 1. The minimum atomic E-state index is -5.08. The lowest BCUT2D eigenvalue weighted by Crippen LogP contribution is -2.26. The van der Waals surface area contributed by atoms with Gasteiger partial charge in [-0.25, -0.2) is 4.79 Å². The Morgan fingerprint density at radius 3 is 2.66 bits per heavy atom. The molecular weight excluding hydrogens is 515 g/mol. The summed E-state index contributed by atoms with van der Waals surface area (Å²) in [5.41, 5.74) is 11.0. The van der Waals surface area contributed by atoms with Crippen molar-refractivity contribution in [3.63, 3.8) is 0 Å². The van der Waals surface area contributed by atoms with Crippen molar-refractivity contribution < 1.29 is 33.0 Å². The number of hydrogen-bond acceptors (Lipinski definition) is 6. The molecule has 1 aromatic heterocycles. The third-order valence-electron chi connectivity index (χ3n) is 5.14. The fourth-order valence-electron chi connectivity index (χ4n) is 3.74. The molecule has 0 amide bonds. The van der Waals surface area contributed by atoms with Crippen LogP contribution < -0.4 is 5.73 Å². The van der Waals surface area contributed by atoms with Gasteiger partial charge >= 0.3 is 12.1 Å². The summed E-state index contributed by atoms with van der Waals surface area (Å²) in [7, 11) is 0. The minimum absolute atomic E-state index is 0.0698. The van der Waals surface area contributed by atoms with Crippen LogP contribution in [-0.4, -0.2) is 45.0 Å². The maximum atomic E-state index is 12.7. The maximum Gasteiger partial charge on any atom is 0.490 e. The molecule has 2 aromatic rings. The number of carboxylic acid groups (broad SMARTS) is 1. The lowest BCUT2D eigenvalue weighted by Gasteiger charge is -2.20. The van der Waals surface area contributed by atoms with Crippen LogP contribution in [0.5, 0.6) is 5.75 Å². The van der Waals surface area contributed by atoms with Gasteiger partial charge in [-0.15, -0.1) is 0 Å². The molecule has 7 nitrogen and oxygen atoms in total. The number of ketones is 1. The molecule has 3 aliphatic rings. The number of carbonyl (C=O) groups is 2. The molecule has 2 aliphatic heterocycles. The zero-order valence-corrected chi connectivity index (χ0v) is 18.5. The third-order valence-corrected chi connectivity index (χ3v) is 7.08. The van der Waals surface area contributed by atoms with E-state index in [1.54, 1.807) is 23.9 Å². The van der Waals surface area contributed by atoms with Gasteiger partial charge in [-0.2, -0.15) is 13.2 Å². The summed E-state index contributed by atoms with van der Waals surface area (Å²) < 4.78 is 34.5. The van der Waals surface area contributed by atoms with Crippen LogP contribution in [-0.2, 0) is 17.6 Å². The van der Waals surface area contributed by atoms with Gasteiger partial charge in [0.1, 0.15) is 11.4 Å². The number of hydrogen-bond donors (Lipinski definition) is 3. The monoisotopic (exact) mass is 529 g/mol. The topological polar surface area (TPSA) is 118 Å². The number of phenols is 1. The molecule has 12 heteroatoms. The Labute approximate surface area is 191 Å². The highest BCUT2D eigenvalue weighted by atomic mass is 79.9. The number of aromatic nitrogens is 1. The summed E-state index contributed by atoms with van der Waals surface area (Å²) in [6, 6.07) is 3.73. The van der Waals surface area contributed by atoms with E-state index in [0.29, 0.717) is 10.2 Å². The average molecular weight is 530 g/mol. The van der Waals surface area contributed by atoms with E-state index in [1.807, 2.05) is 6.07 Å². The van der Waals surface area contributed by atoms with E-state index in [2.05, 4.69) is 31.7 Å². The Kier molecular flexibility index (Phi) is 5.61. The van der Waals surface area contributed by atoms with Gasteiger partial charge in [0, 0.05) is 29.6 Å². The number of halogens is 4. The molecule has 3 heterocycles. The predicted molar refractivity (Wildman–Crippen MR) is 114 cm³/mol. The zero-order chi connectivity index (χ0) is 23.4. The van der Waals surface area contributed by atoms with Crippen LogP contribution in [0.15, 0.2) is 44.5 Å². The molecule has 0 bridgehead atoms. The number of phenolic OH excluding ortho intramolecular Hbond substituents is 1. The Bertz CT molecular complexity index is 1190. The number of carbonyl (C=O) groups excluding carboxylic acids is 1. The van der Waals surface area contributed by atoms with Crippen LogP contribution in [0, 0.1) is 0 Å². The Morgan fingerprint density at radius 1 is 1.31 bits per heavy atom. The van der Waals surface area contributed by atoms with Gasteiger partial charge in [0.05, 0.1) is 21.3 Å². The standard InChI is InChI=1S/C18H14BrN3O2S.C2HF3O2/c19-10-3-9-4-15(25-14(9)6-13(10)23)22-7-8-1-2-21-12-5-11(20)18(24)17(22)16(8)12;3-2(4,5)1(6)7/h3,5-7,15,23H,1-2,4,20H2;(H,6,7). The molecule has 32 heavy (non-hydrogen) atoms. The van der Waals surface area contributed by atoms with E-state index in [9.17, 15) is 23.1 Å². The van der Waals surface area contributed by atoms with Gasteiger partial charge in [0.25, 0.3) is 0 Å².